The zero-order valence-corrected chi connectivity index (χ0v) is 13.8. The molecule has 0 aliphatic carbocycles. The first-order valence-corrected chi connectivity index (χ1v) is 8.24. The largest absolute Gasteiger partial charge is 0.355 e. The minimum absolute atomic E-state index is 0.0364. The number of hydrogen-bond donors (Lipinski definition) is 1. The van der Waals surface area contributed by atoms with Gasteiger partial charge in [-0.1, -0.05) is 12.1 Å². The molecule has 1 aliphatic rings. The zero-order valence-electron chi connectivity index (χ0n) is 13.8. The molecule has 4 nitrogen and oxygen atoms in total. The van der Waals surface area contributed by atoms with E-state index in [2.05, 4.69) is 36.3 Å². The first-order valence-electron chi connectivity index (χ1n) is 8.24. The van der Waals surface area contributed by atoms with Crippen molar-refractivity contribution >= 4 is 17.3 Å². The number of pyridine rings is 1. The van der Waals surface area contributed by atoms with Gasteiger partial charge in [0.05, 0.1) is 0 Å². The van der Waals surface area contributed by atoms with E-state index < -0.39 is 0 Å². The normalized spacial score (nSPS) is 14.6. The first-order chi connectivity index (χ1) is 11.1. The van der Waals surface area contributed by atoms with Crippen LogP contribution in [0.5, 0.6) is 0 Å². The number of benzene rings is 1. The number of rotatable bonds is 3. The van der Waals surface area contributed by atoms with Crippen LogP contribution in [-0.4, -0.2) is 28.9 Å². The fourth-order valence-electron chi connectivity index (χ4n) is 2.93. The van der Waals surface area contributed by atoms with Crippen LogP contribution in [0.4, 0.5) is 11.4 Å². The second-order valence-electron chi connectivity index (χ2n) is 6.16. The molecule has 1 aliphatic heterocycles. The molecule has 2 aromatic rings. The van der Waals surface area contributed by atoms with Crippen LogP contribution < -0.4 is 5.32 Å². The SMILES string of the molecule is Cc1cccc(Nc2ccnc(C(=O)N3CCCCC3)c2)c1C. The maximum atomic E-state index is 12.6. The fourth-order valence-corrected chi connectivity index (χ4v) is 2.93. The van der Waals surface area contributed by atoms with Crippen molar-refractivity contribution in [1.29, 1.82) is 0 Å². The Bertz CT molecular complexity index is 706. The molecule has 0 saturated carbocycles. The van der Waals surface area contributed by atoms with Gasteiger partial charge < -0.3 is 10.2 Å². The fraction of sp³-hybridized carbons (Fsp3) is 0.368. The first kappa shape index (κ1) is 15.5. The highest BCUT2D eigenvalue weighted by atomic mass is 16.2. The van der Waals surface area contributed by atoms with Crippen LogP contribution in [-0.2, 0) is 0 Å². The number of aromatic nitrogens is 1. The van der Waals surface area contributed by atoms with Crippen molar-refractivity contribution in [3.63, 3.8) is 0 Å². The number of aryl methyl sites for hydroxylation is 1. The van der Waals surface area contributed by atoms with Gasteiger partial charge in [0, 0.05) is 30.7 Å². The molecule has 1 aromatic carbocycles. The minimum atomic E-state index is 0.0364. The molecule has 4 heteroatoms. The van der Waals surface area contributed by atoms with Crippen LogP contribution in [0.15, 0.2) is 36.5 Å². The summed E-state index contributed by atoms with van der Waals surface area (Å²) in [6, 6.07) is 9.92. The summed E-state index contributed by atoms with van der Waals surface area (Å²) in [6.07, 6.45) is 5.09. The molecule has 1 N–H and O–H groups in total. The topological polar surface area (TPSA) is 45.2 Å². The standard InChI is InChI=1S/C19H23N3O/c1-14-7-6-8-17(15(14)2)21-16-9-10-20-18(13-16)19(23)22-11-4-3-5-12-22/h6-10,13H,3-5,11-12H2,1-2H3,(H,20,21). The number of carbonyl (C=O) groups excluding carboxylic acids is 1. The number of nitrogens with one attached hydrogen (secondary N) is 1. The van der Waals surface area contributed by atoms with Crippen LogP contribution in [0, 0.1) is 13.8 Å². The molecule has 0 bridgehead atoms. The van der Waals surface area contributed by atoms with Gasteiger partial charge in [-0.15, -0.1) is 0 Å². The predicted octanol–water partition coefficient (Wildman–Crippen LogP) is 4.07. The lowest BCUT2D eigenvalue weighted by molar-refractivity contribution is 0.0718. The molecule has 1 fully saturated rings. The van der Waals surface area contributed by atoms with E-state index in [9.17, 15) is 4.79 Å². The molecular formula is C19H23N3O. The van der Waals surface area contributed by atoms with Crippen molar-refractivity contribution in [3.05, 3.63) is 53.3 Å². The Morgan fingerprint density at radius 3 is 2.70 bits per heavy atom. The number of amides is 1. The number of nitrogens with zero attached hydrogens (tertiary/aromatic N) is 2. The third kappa shape index (κ3) is 3.52. The van der Waals surface area contributed by atoms with Gasteiger partial charge >= 0.3 is 0 Å². The van der Waals surface area contributed by atoms with Crippen LogP contribution in [0.2, 0.25) is 0 Å². The highest BCUT2D eigenvalue weighted by Crippen LogP contribution is 2.23. The van der Waals surface area contributed by atoms with E-state index in [0.717, 1.165) is 37.3 Å². The molecule has 1 amide bonds. The molecular weight excluding hydrogens is 286 g/mol. The van der Waals surface area contributed by atoms with E-state index in [1.54, 1.807) is 6.20 Å². The summed E-state index contributed by atoms with van der Waals surface area (Å²) in [5.74, 6) is 0.0364. The van der Waals surface area contributed by atoms with Crippen LogP contribution >= 0.6 is 0 Å². The summed E-state index contributed by atoms with van der Waals surface area (Å²) in [6.45, 7) is 5.88. The Kier molecular flexibility index (Phi) is 4.60. The summed E-state index contributed by atoms with van der Waals surface area (Å²) in [5.41, 5.74) is 4.94. The molecule has 1 aromatic heterocycles. The van der Waals surface area contributed by atoms with E-state index in [1.165, 1.54) is 17.5 Å². The lowest BCUT2D eigenvalue weighted by Crippen LogP contribution is -2.36. The van der Waals surface area contributed by atoms with Gasteiger partial charge in [-0.3, -0.25) is 9.78 Å². The quantitative estimate of drug-likeness (QED) is 0.929. The monoisotopic (exact) mass is 309 g/mol. The van der Waals surface area contributed by atoms with E-state index in [0.29, 0.717) is 5.69 Å². The zero-order chi connectivity index (χ0) is 16.2. The maximum Gasteiger partial charge on any atom is 0.272 e. The lowest BCUT2D eigenvalue weighted by atomic mass is 10.1. The molecule has 2 heterocycles. The summed E-state index contributed by atoms with van der Waals surface area (Å²) < 4.78 is 0. The van der Waals surface area contributed by atoms with E-state index >= 15 is 0 Å². The molecule has 3 rings (SSSR count). The molecule has 23 heavy (non-hydrogen) atoms. The highest BCUT2D eigenvalue weighted by Gasteiger charge is 2.19. The van der Waals surface area contributed by atoms with Gasteiger partial charge in [0.15, 0.2) is 0 Å². The Morgan fingerprint density at radius 1 is 1.13 bits per heavy atom. The van der Waals surface area contributed by atoms with E-state index in [4.69, 9.17) is 0 Å². The Morgan fingerprint density at radius 2 is 1.91 bits per heavy atom. The predicted molar refractivity (Wildman–Crippen MR) is 93.2 cm³/mol. The third-order valence-electron chi connectivity index (χ3n) is 4.51. The number of hydrogen-bond acceptors (Lipinski definition) is 3. The Balaban J connectivity index is 1.79. The molecule has 0 atom stereocenters. The number of anilines is 2. The van der Waals surface area contributed by atoms with Gasteiger partial charge in [-0.25, -0.2) is 0 Å². The minimum Gasteiger partial charge on any atom is -0.355 e. The van der Waals surface area contributed by atoms with Crippen molar-refractivity contribution < 1.29 is 4.79 Å². The highest BCUT2D eigenvalue weighted by molar-refractivity contribution is 5.93. The molecule has 120 valence electrons. The molecule has 0 radical (unpaired) electrons. The summed E-state index contributed by atoms with van der Waals surface area (Å²) >= 11 is 0. The lowest BCUT2D eigenvalue weighted by Gasteiger charge is -2.26. The number of carbonyl (C=O) groups is 1. The van der Waals surface area contributed by atoms with Crippen LogP contribution in [0.3, 0.4) is 0 Å². The van der Waals surface area contributed by atoms with E-state index in [1.807, 2.05) is 23.1 Å². The smallest absolute Gasteiger partial charge is 0.272 e. The molecule has 1 saturated heterocycles. The van der Waals surface area contributed by atoms with Gasteiger partial charge in [-0.05, 0) is 62.4 Å². The summed E-state index contributed by atoms with van der Waals surface area (Å²) in [5, 5.41) is 3.40. The third-order valence-corrected chi connectivity index (χ3v) is 4.51. The maximum absolute atomic E-state index is 12.6. The van der Waals surface area contributed by atoms with Crippen molar-refractivity contribution in [2.75, 3.05) is 18.4 Å². The summed E-state index contributed by atoms with van der Waals surface area (Å²) in [4.78, 5) is 18.7. The van der Waals surface area contributed by atoms with Crippen LogP contribution in [0.25, 0.3) is 0 Å². The van der Waals surface area contributed by atoms with Gasteiger partial charge in [0.1, 0.15) is 5.69 Å². The number of likely N-dealkylation sites (tertiary alicyclic amines) is 1. The van der Waals surface area contributed by atoms with Gasteiger partial charge in [0.25, 0.3) is 5.91 Å². The average Bonchev–Trinajstić information content (AvgIpc) is 2.59. The van der Waals surface area contributed by atoms with Crippen LogP contribution in [0.1, 0.15) is 40.9 Å². The van der Waals surface area contributed by atoms with Crippen molar-refractivity contribution in [3.8, 4) is 0 Å². The Hall–Kier alpha value is -2.36. The second kappa shape index (κ2) is 6.82. The van der Waals surface area contributed by atoms with Gasteiger partial charge in [0.2, 0.25) is 0 Å². The Labute approximate surface area is 137 Å². The average molecular weight is 309 g/mol. The van der Waals surface area contributed by atoms with Crippen molar-refractivity contribution in [1.82, 2.24) is 9.88 Å². The second-order valence-corrected chi connectivity index (χ2v) is 6.16. The number of piperidine rings is 1. The van der Waals surface area contributed by atoms with E-state index in [-0.39, 0.29) is 5.91 Å². The van der Waals surface area contributed by atoms with Crippen molar-refractivity contribution in [2.45, 2.75) is 33.1 Å². The van der Waals surface area contributed by atoms with Crippen molar-refractivity contribution in [2.24, 2.45) is 0 Å². The van der Waals surface area contributed by atoms with Gasteiger partial charge in [-0.2, -0.15) is 0 Å². The summed E-state index contributed by atoms with van der Waals surface area (Å²) in [7, 11) is 0. The molecule has 0 unspecified atom stereocenters. The molecule has 0 spiro atoms.